The Balaban J connectivity index is 1.15. The lowest BCUT2D eigenvalue weighted by molar-refractivity contribution is 1.28. The summed E-state index contributed by atoms with van der Waals surface area (Å²) in [5.41, 5.74) is 8.25. The number of fused-ring (bicyclic) bond motifs is 2. The van der Waals surface area contributed by atoms with Crippen molar-refractivity contribution in [2.24, 2.45) is 0 Å². The monoisotopic (exact) mass is 736 g/mol. The van der Waals surface area contributed by atoms with Crippen LogP contribution in [0.3, 0.4) is 0 Å². The lowest BCUT2D eigenvalue weighted by atomic mass is 9.91. The summed E-state index contributed by atoms with van der Waals surface area (Å²) in [6.07, 6.45) is 0. The Morgan fingerprint density at radius 3 is 1.60 bits per heavy atom. The van der Waals surface area contributed by atoms with Gasteiger partial charge >= 0.3 is 0 Å². The second kappa shape index (κ2) is 15.0. The van der Waals surface area contributed by atoms with Crippen LogP contribution >= 0.6 is 0 Å². The topological polar surface area (TPSA) is 3.24 Å². The van der Waals surface area contributed by atoms with Crippen molar-refractivity contribution in [3.05, 3.63) is 236 Å². The summed E-state index contributed by atoms with van der Waals surface area (Å²) >= 11 is 0. The molecule has 0 unspecified atom stereocenters. The van der Waals surface area contributed by atoms with Gasteiger partial charge in [-0.15, -0.1) is 0 Å². The maximum Gasteiger partial charge on any atom is 0.0645 e. The first-order chi connectivity index (χ1) is 32.8. The molecule has 0 amide bonds. The van der Waals surface area contributed by atoms with Crippen LogP contribution in [0.4, 0.5) is 17.1 Å². The summed E-state index contributed by atoms with van der Waals surface area (Å²) < 4.78 is 98.6. The van der Waals surface area contributed by atoms with Crippen LogP contribution in [0.2, 0.25) is 0 Å². The Morgan fingerprint density at radius 1 is 0.281 bits per heavy atom. The second-order valence-electron chi connectivity index (χ2n) is 13.7. The molecular formula is C56H39N. The maximum absolute atomic E-state index is 9.61. The van der Waals surface area contributed by atoms with Crippen LogP contribution in [-0.2, 0) is 0 Å². The molecule has 10 aromatic rings. The quantitative estimate of drug-likeness (QED) is 0.150. The lowest BCUT2D eigenvalue weighted by Gasteiger charge is -2.26. The highest BCUT2D eigenvalue weighted by Gasteiger charge is 2.16. The molecule has 0 saturated carbocycles. The van der Waals surface area contributed by atoms with Gasteiger partial charge in [0.2, 0.25) is 0 Å². The van der Waals surface area contributed by atoms with E-state index in [2.05, 4.69) is 60.7 Å². The summed E-state index contributed by atoms with van der Waals surface area (Å²) in [5, 5.41) is 1.49. The van der Waals surface area contributed by atoms with Crippen molar-refractivity contribution < 1.29 is 15.1 Å². The Hall–Kier alpha value is -7.48. The molecule has 10 aromatic carbocycles. The van der Waals surface area contributed by atoms with Gasteiger partial charge in [-0.3, -0.25) is 0 Å². The van der Waals surface area contributed by atoms with Gasteiger partial charge in [-0.2, -0.15) is 0 Å². The highest BCUT2D eigenvalue weighted by molar-refractivity contribution is 5.98. The largest absolute Gasteiger partial charge is 0.311 e. The lowest BCUT2D eigenvalue weighted by Crippen LogP contribution is -2.09. The third-order valence-electron chi connectivity index (χ3n) is 10.3. The zero-order valence-electron chi connectivity index (χ0n) is 41.6. The van der Waals surface area contributed by atoms with Crippen molar-refractivity contribution >= 4 is 38.6 Å². The van der Waals surface area contributed by atoms with Crippen LogP contribution in [0.1, 0.15) is 15.1 Å². The fourth-order valence-electron chi connectivity index (χ4n) is 7.47. The number of benzene rings is 10. The molecule has 0 aliphatic rings. The zero-order valence-corrected chi connectivity index (χ0v) is 30.6. The van der Waals surface area contributed by atoms with Crippen molar-refractivity contribution in [2.75, 3.05) is 4.90 Å². The van der Waals surface area contributed by atoms with Gasteiger partial charge in [-0.05, 0) is 120 Å². The molecule has 0 aliphatic carbocycles. The van der Waals surface area contributed by atoms with Gasteiger partial charge in [0.05, 0.1) is 15.1 Å². The van der Waals surface area contributed by atoms with Crippen molar-refractivity contribution in [1.82, 2.24) is 0 Å². The molecule has 0 bridgehead atoms. The Kier molecular flexibility index (Phi) is 6.34. The minimum absolute atomic E-state index is 0.103. The van der Waals surface area contributed by atoms with E-state index in [4.69, 9.17) is 9.60 Å². The number of hydrogen-bond acceptors (Lipinski definition) is 1. The maximum atomic E-state index is 9.61. The molecule has 1 heteroatoms. The van der Waals surface area contributed by atoms with Crippen molar-refractivity contribution in [2.45, 2.75) is 0 Å². The molecular weight excluding hydrogens is 687 g/mol. The van der Waals surface area contributed by atoms with E-state index in [1.165, 1.54) is 0 Å². The Morgan fingerprint density at radius 2 is 0.860 bits per heavy atom. The summed E-state index contributed by atoms with van der Waals surface area (Å²) in [7, 11) is 0. The van der Waals surface area contributed by atoms with E-state index < -0.39 is 72.0 Å². The number of rotatable bonds is 8. The van der Waals surface area contributed by atoms with E-state index in [-0.39, 0.29) is 22.0 Å². The van der Waals surface area contributed by atoms with Crippen LogP contribution in [0.15, 0.2) is 236 Å². The molecule has 0 fully saturated rings. The van der Waals surface area contributed by atoms with Crippen molar-refractivity contribution in [3.63, 3.8) is 0 Å². The fourth-order valence-corrected chi connectivity index (χ4v) is 7.47. The SMILES string of the molecule is [2H]c1c([2H])c(N(c2ccc(-c3ccc(-c4ccccc4)c(-c4ccccc4)c3)cc2)c2ccc(-c3cccc4ccccc34)cc2)c([2H])c([2H])c1-c1c([2H])c([2H])c([2H])c2c([2H])c([2H])c([2H])c([2H])c12. The fraction of sp³-hybridized carbons (Fsp3) is 0. The van der Waals surface area contributed by atoms with Gasteiger partial charge in [-0.1, -0.05) is 194 Å². The first-order valence-corrected chi connectivity index (χ1v) is 18.7. The predicted octanol–water partition coefficient (Wildman–Crippen LogP) is 15.8. The van der Waals surface area contributed by atoms with Gasteiger partial charge in [0.15, 0.2) is 0 Å². The van der Waals surface area contributed by atoms with E-state index in [0.29, 0.717) is 11.4 Å². The number of hydrogen-bond donors (Lipinski definition) is 0. The van der Waals surface area contributed by atoms with E-state index in [9.17, 15) is 5.48 Å². The van der Waals surface area contributed by atoms with Gasteiger partial charge < -0.3 is 4.90 Å². The van der Waals surface area contributed by atoms with Gasteiger partial charge in [-0.25, -0.2) is 0 Å². The molecule has 0 heterocycles. The zero-order chi connectivity index (χ0) is 47.5. The standard InChI is InChI=1S/C56H39N/c1-3-13-41(14-4-1)55-38-31-47(39-56(55)44-15-5-2-6-16-44)40-25-32-48(33-26-40)57(49-34-27-45(28-35-49)53-23-11-19-42-17-7-9-21-51(42)53)50-36-29-46(30-37-50)54-24-12-20-43-18-8-10-22-52(43)54/h1-39H/i7D,9D,11D,17D,19D,21D,23D,27D,28D,34D,35D. The minimum Gasteiger partial charge on any atom is -0.311 e. The summed E-state index contributed by atoms with van der Waals surface area (Å²) in [6.45, 7) is 0. The molecule has 10 rings (SSSR count). The van der Waals surface area contributed by atoms with E-state index in [0.717, 1.165) is 55.3 Å². The molecule has 0 spiro atoms. The Labute approximate surface area is 349 Å². The first-order valence-electron chi connectivity index (χ1n) is 24.2. The first kappa shape index (κ1) is 24.1. The molecule has 0 N–H and O–H groups in total. The van der Waals surface area contributed by atoms with Gasteiger partial charge in [0, 0.05) is 17.1 Å². The van der Waals surface area contributed by atoms with Crippen LogP contribution in [-0.4, -0.2) is 0 Å². The van der Waals surface area contributed by atoms with Crippen molar-refractivity contribution in [1.29, 1.82) is 0 Å². The van der Waals surface area contributed by atoms with Crippen molar-refractivity contribution in [3.8, 4) is 55.6 Å². The second-order valence-corrected chi connectivity index (χ2v) is 13.7. The molecule has 1 nitrogen and oxygen atoms in total. The summed E-state index contributed by atoms with van der Waals surface area (Å²) in [5.74, 6) is 0. The normalized spacial score (nSPS) is 13.9. The van der Waals surface area contributed by atoms with Gasteiger partial charge in [0.25, 0.3) is 0 Å². The molecule has 57 heavy (non-hydrogen) atoms. The van der Waals surface area contributed by atoms with Gasteiger partial charge in [0.1, 0.15) is 0 Å². The molecule has 0 aliphatic heterocycles. The average molecular weight is 737 g/mol. The third-order valence-corrected chi connectivity index (χ3v) is 10.3. The van der Waals surface area contributed by atoms with Crippen LogP contribution in [0.25, 0.3) is 77.2 Å². The van der Waals surface area contributed by atoms with Crippen LogP contribution in [0, 0.1) is 0 Å². The average Bonchev–Trinajstić information content (AvgIpc) is 3.38. The Bertz CT molecular complexity index is 3570. The highest BCUT2D eigenvalue weighted by atomic mass is 15.1. The molecule has 0 radical (unpaired) electrons. The highest BCUT2D eigenvalue weighted by Crippen LogP contribution is 2.40. The predicted molar refractivity (Wildman–Crippen MR) is 243 cm³/mol. The van der Waals surface area contributed by atoms with E-state index >= 15 is 0 Å². The van der Waals surface area contributed by atoms with E-state index in [1.54, 1.807) is 4.90 Å². The van der Waals surface area contributed by atoms with Crippen LogP contribution < -0.4 is 4.90 Å². The summed E-state index contributed by atoms with van der Waals surface area (Å²) in [4.78, 5) is 1.66. The smallest absolute Gasteiger partial charge is 0.0645 e. The number of nitrogens with zero attached hydrogens (tertiary/aromatic N) is 1. The third kappa shape index (κ3) is 6.66. The molecule has 268 valence electrons. The number of anilines is 3. The molecule has 0 aromatic heterocycles. The summed E-state index contributed by atoms with van der Waals surface area (Å²) in [6, 6.07) is 49.7. The molecule has 0 saturated heterocycles. The minimum atomic E-state index is -0.669. The van der Waals surface area contributed by atoms with E-state index in [1.807, 2.05) is 109 Å². The van der Waals surface area contributed by atoms with Crippen LogP contribution in [0.5, 0.6) is 0 Å². The molecule has 0 atom stereocenters.